The molecule has 1 fully saturated rings. The Morgan fingerprint density at radius 3 is 2.70 bits per heavy atom. The molecule has 1 atom stereocenters. The number of nitrogens with zero attached hydrogens (tertiary/aromatic N) is 1. The second-order valence-electron chi connectivity index (χ2n) is 5.18. The van der Waals surface area contributed by atoms with E-state index in [1.54, 1.807) is 23.1 Å². The predicted molar refractivity (Wildman–Crippen MR) is 95.7 cm³/mol. The van der Waals surface area contributed by atoms with Gasteiger partial charge in [-0.3, -0.25) is 9.59 Å². The van der Waals surface area contributed by atoms with E-state index in [-0.39, 0.29) is 24.2 Å². The summed E-state index contributed by atoms with van der Waals surface area (Å²) in [7, 11) is 1.86. The average Bonchev–Trinajstić information content (AvgIpc) is 2.88. The molecule has 0 aliphatic carbocycles. The van der Waals surface area contributed by atoms with Gasteiger partial charge in [-0.2, -0.15) is 0 Å². The number of benzene rings is 1. The molecule has 5 nitrogen and oxygen atoms in total. The van der Waals surface area contributed by atoms with Gasteiger partial charge in [0.1, 0.15) is 5.92 Å². The van der Waals surface area contributed by atoms with Crippen LogP contribution in [-0.4, -0.2) is 38.5 Å². The molecule has 8 heteroatoms. The third-order valence-corrected chi connectivity index (χ3v) is 4.38. The molecule has 1 saturated heterocycles. The second-order valence-corrected chi connectivity index (χ2v) is 5.99. The summed E-state index contributed by atoms with van der Waals surface area (Å²) in [6.45, 7) is 1.90. The monoisotopic (exact) mass is 379 g/mol. The molecule has 1 aromatic rings. The number of anilines is 1. The van der Waals surface area contributed by atoms with E-state index in [1.807, 2.05) is 7.05 Å². The van der Waals surface area contributed by atoms with Crippen LogP contribution in [0.15, 0.2) is 18.2 Å². The van der Waals surface area contributed by atoms with Crippen LogP contribution in [0.3, 0.4) is 0 Å². The first-order valence-electron chi connectivity index (χ1n) is 7.23. The summed E-state index contributed by atoms with van der Waals surface area (Å²) in [5.74, 6) is -1.02. The Bertz CT molecular complexity index is 569. The third-order valence-electron chi connectivity index (χ3n) is 3.64. The largest absolute Gasteiger partial charge is 0.355 e. The number of hydrogen-bond acceptors (Lipinski definition) is 3. The van der Waals surface area contributed by atoms with Crippen molar-refractivity contribution in [1.82, 2.24) is 10.6 Å². The van der Waals surface area contributed by atoms with E-state index < -0.39 is 5.92 Å². The topological polar surface area (TPSA) is 61.4 Å². The summed E-state index contributed by atoms with van der Waals surface area (Å²) in [6, 6.07) is 5.03. The van der Waals surface area contributed by atoms with E-state index in [1.165, 1.54) is 0 Å². The minimum Gasteiger partial charge on any atom is -0.355 e. The van der Waals surface area contributed by atoms with Gasteiger partial charge in [0.05, 0.1) is 10.0 Å². The minimum absolute atomic E-state index is 0. The Kier molecular flexibility index (Phi) is 8.12. The molecule has 0 aromatic heterocycles. The Hall–Kier alpha value is -1.01. The van der Waals surface area contributed by atoms with Crippen molar-refractivity contribution < 1.29 is 9.59 Å². The van der Waals surface area contributed by atoms with Gasteiger partial charge in [-0.15, -0.1) is 12.4 Å². The number of hydrogen-bond donors (Lipinski definition) is 2. The molecule has 2 N–H and O–H groups in total. The van der Waals surface area contributed by atoms with Gasteiger partial charge < -0.3 is 15.5 Å². The number of carbonyl (C=O) groups is 2. The Morgan fingerprint density at radius 1 is 1.30 bits per heavy atom. The lowest BCUT2D eigenvalue weighted by Gasteiger charge is -2.17. The zero-order valence-corrected chi connectivity index (χ0v) is 15.1. The maximum Gasteiger partial charge on any atom is 0.239 e. The zero-order chi connectivity index (χ0) is 16.1. The molecule has 0 spiro atoms. The van der Waals surface area contributed by atoms with Crippen LogP contribution >= 0.6 is 35.6 Å². The summed E-state index contributed by atoms with van der Waals surface area (Å²) < 4.78 is 0. The van der Waals surface area contributed by atoms with E-state index in [9.17, 15) is 9.59 Å². The van der Waals surface area contributed by atoms with Crippen LogP contribution in [0.25, 0.3) is 0 Å². The Balaban J connectivity index is 0.00000264. The molecular weight excluding hydrogens is 361 g/mol. The summed E-state index contributed by atoms with van der Waals surface area (Å²) in [6.07, 6.45) is 1.34. The van der Waals surface area contributed by atoms with Crippen LogP contribution < -0.4 is 15.5 Å². The van der Waals surface area contributed by atoms with E-state index in [2.05, 4.69) is 10.6 Å². The molecule has 2 rings (SSSR count). The first kappa shape index (κ1) is 20.0. The first-order chi connectivity index (χ1) is 10.5. The van der Waals surface area contributed by atoms with Crippen LogP contribution in [0.2, 0.25) is 10.0 Å². The number of carbonyl (C=O) groups excluding carboxylic acids is 2. The van der Waals surface area contributed by atoms with Crippen LogP contribution in [0.1, 0.15) is 12.8 Å². The fourth-order valence-electron chi connectivity index (χ4n) is 2.43. The fraction of sp³-hybridized carbons (Fsp3) is 0.467. The lowest BCUT2D eigenvalue weighted by molar-refractivity contribution is -0.132. The van der Waals surface area contributed by atoms with Gasteiger partial charge >= 0.3 is 0 Å². The summed E-state index contributed by atoms with van der Waals surface area (Å²) in [4.78, 5) is 26.1. The van der Waals surface area contributed by atoms with Gasteiger partial charge in [0.15, 0.2) is 0 Å². The molecule has 1 aromatic carbocycles. The van der Waals surface area contributed by atoms with E-state index in [0.29, 0.717) is 35.2 Å². The van der Waals surface area contributed by atoms with Crippen LogP contribution in [-0.2, 0) is 9.59 Å². The van der Waals surface area contributed by atoms with E-state index in [0.717, 1.165) is 13.0 Å². The van der Waals surface area contributed by atoms with Crippen molar-refractivity contribution in [3.8, 4) is 0 Å². The number of amides is 2. The smallest absolute Gasteiger partial charge is 0.239 e. The second kappa shape index (κ2) is 9.33. The normalized spacial score (nSPS) is 17.1. The van der Waals surface area contributed by atoms with Crippen LogP contribution in [0, 0.1) is 5.92 Å². The average molecular weight is 381 g/mol. The SMILES string of the molecule is CNCCCNC(=O)C1CCN(c2ccc(Cl)c(Cl)c2)C1=O.Cl. The number of nitrogens with one attached hydrogen (secondary N) is 2. The van der Waals surface area contributed by atoms with Crippen molar-refractivity contribution in [3.63, 3.8) is 0 Å². The molecule has 0 bridgehead atoms. The van der Waals surface area contributed by atoms with Gasteiger partial charge in [-0.25, -0.2) is 0 Å². The highest BCUT2D eigenvalue weighted by Gasteiger charge is 2.37. The lowest BCUT2D eigenvalue weighted by atomic mass is 10.1. The van der Waals surface area contributed by atoms with Crippen molar-refractivity contribution >= 4 is 53.1 Å². The molecule has 1 unspecified atom stereocenters. The third kappa shape index (κ3) is 4.98. The van der Waals surface area contributed by atoms with Crippen molar-refractivity contribution in [2.45, 2.75) is 12.8 Å². The molecular formula is C15H20Cl3N3O2. The van der Waals surface area contributed by atoms with Crippen molar-refractivity contribution in [1.29, 1.82) is 0 Å². The van der Waals surface area contributed by atoms with Crippen LogP contribution in [0.4, 0.5) is 5.69 Å². The highest BCUT2D eigenvalue weighted by atomic mass is 35.5. The maximum atomic E-state index is 12.4. The van der Waals surface area contributed by atoms with Crippen molar-refractivity contribution in [3.05, 3.63) is 28.2 Å². The number of rotatable bonds is 6. The molecule has 2 amide bonds. The lowest BCUT2D eigenvalue weighted by Crippen LogP contribution is -2.37. The molecule has 1 aliphatic rings. The van der Waals surface area contributed by atoms with Gasteiger partial charge in [-0.05, 0) is 44.6 Å². The number of halogens is 3. The minimum atomic E-state index is -0.621. The highest BCUT2D eigenvalue weighted by Crippen LogP contribution is 2.31. The summed E-state index contributed by atoms with van der Waals surface area (Å²) >= 11 is 11.9. The van der Waals surface area contributed by atoms with Gasteiger partial charge in [0.2, 0.25) is 11.8 Å². The van der Waals surface area contributed by atoms with E-state index >= 15 is 0 Å². The standard InChI is InChI=1S/C15H19Cl2N3O2.ClH/c1-18-6-2-7-19-14(21)11-5-8-20(15(11)22)10-3-4-12(16)13(17)9-10;/h3-4,9,11,18H,2,5-8H2,1H3,(H,19,21);1H. The van der Waals surface area contributed by atoms with Crippen molar-refractivity contribution in [2.75, 3.05) is 31.6 Å². The van der Waals surface area contributed by atoms with Crippen LogP contribution in [0.5, 0.6) is 0 Å². The molecule has 128 valence electrons. The quantitative estimate of drug-likeness (QED) is 0.589. The maximum absolute atomic E-state index is 12.4. The Labute approximate surface area is 152 Å². The fourth-order valence-corrected chi connectivity index (χ4v) is 2.72. The van der Waals surface area contributed by atoms with Gasteiger partial charge in [-0.1, -0.05) is 23.2 Å². The van der Waals surface area contributed by atoms with E-state index in [4.69, 9.17) is 23.2 Å². The van der Waals surface area contributed by atoms with Gasteiger partial charge in [0.25, 0.3) is 0 Å². The highest BCUT2D eigenvalue weighted by molar-refractivity contribution is 6.42. The summed E-state index contributed by atoms with van der Waals surface area (Å²) in [5, 5.41) is 6.65. The summed E-state index contributed by atoms with van der Waals surface area (Å²) in [5.41, 5.74) is 0.671. The first-order valence-corrected chi connectivity index (χ1v) is 7.99. The Morgan fingerprint density at radius 2 is 2.04 bits per heavy atom. The molecule has 1 heterocycles. The molecule has 23 heavy (non-hydrogen) atoms. The molecule has 0 radical (unpaired) electrons. The zero-order valence-electron chi connectivity index (χ0n) is 12.8. The molecule has 0 saturated carbocycles. The van der Waals surface area contributed by atoms with Gasteiger partial charge in [0, 0.05) is 18.8 Å². The van der Waals surface area contributed by atoms with Crippen molar-refractivity contribution in [2.24, 2.45) is 5.92 Å². The molecule has 1 aliphatic heterocycles. The predicted octanol–water partition coefficient (Wildman–Crippen LogP) is 2.49.